The van der Waals surface area contributed by atoms with Crippen molar-refractivity contribution in [1.82, 2.24) is 9.80 Å². The Bertz CT molecular complexity index is 499. The number of thioether (sulfide) groups is 1. The van der Waals surface area contributed by atoms with Crippen molar-refractivity contribution in [2.24, 2.45) is 0 Å². The van der Waals surface area contributed by atoms with Gasteiger partial charge in [-0.2, -0.15) is 0 Å². The SMILES string of the molecule is Cc1cc(SCC(=O)N2CCN(C)CC2)c(C)cc1Br. The number of halogens is 1. The molecule has 0 N–H and O–H groups in total. The van der Waals surface area contributed by atoms with Crippen LogP contribution in [0.4, 0.5) is 0 Å². The monoisotopic (exact) mass is 356 g/mol. The van der Waals surface area contributed by atoms with Crippen LogP contribution in [0.3, 0.4) is 0 Å². The number of piperazine rings is 1. The molecule has 1 fully saturated rings. The molecule has 1 aliphatic heterocycles. The minimum Gasteiger partial charge on any atom is -0.339 e. The summed E-state index contributed by atoms with van der Waals surface area (Å²) < 4.78 is 1.13. The summed E-state index contributed by atoms with van der Waals surface area (Å²) in [6, 6.07) is 4.28. The molecule has 0 spiro atoms. The molecule has 1 aromatic carbocycles. The Kier molecular flexibility index (Phi) is 5.52. The minimum absolute atomic E-state index is 0.253. The predicted octanol–water partition coefficient (Wildman–Crippen LogP) is 2.93. The van der Waals surface area contributed by atoms with Gasteiger partial charge < -0.3 is 9.80 Å². The summed E-state index contributed by atoms with van der Waals surface area (Å²) in [6.07, 6.45) is 0. The largest absolute Gasteiger partial charge is 0.339 e. The van der Waals surface area contributed by atoms with Gasteiger partial charge in [-0.05, 0) is 44.2 Å². The maximum atomic E-state index is 12.2. The normalized spacial score (nSPS) is 16.5. The van der Waals surface area contributed by atoms with Crippen molar-refractivity contribution in [2.45, 2.75) is 18.7 Å². The zero-order valence-corrected chi connectivity index (χ0v) is 14.7. The molecule has 3 nitrogen and oxygen atoms in total. The second-order valence-corrected chi connectivity index (χ2v) is 7.21. The van der Waals surface area contributed by atoms with Crippen LogP contribution in [0.1, 0.15) is 11.1 Å². The molecule has 1 heterocycles. The van der Waals surface area contributed by atoms with E-state index in [9.17, 15) is 4.79 Å². The van der Waals surface area contributed by atoms with Crippen LogP contribution in [0, 0.1) is 13.8 Å². The van der Waals surface area contributed by atoms with Crippen LogP contribution < -0.4 is 0 Å². The van der Waals surface area contributed by atoms with Crippen molar-refractivity contribution in [1.29, 1.82) is 0 Å². The van der Waals surface area contributed by atoms with Crippen LogP contribution in [-0.4, -0.2) is 54.7 Å². The molecule has 1 saturated heterocycles. The maximum absolute atomic E-state index is 12.2. The smallest absolute Gasteiger partial charge is 0.233 e. The summed E-state index contributed by atoms with van der Waals surface area (Å²) in [5.41, 5.74) is 2.43. The molecule has 110 valence electrons. The average Bonchev–Trinajstić information content (AvgIpc) is 2.42. The fourth-order valence-electron chi connectivity index (χ4n) is 2.20. The lowest BCUT2D eigenvalue weighted by Gasteiger charge is -2.32. The number of carbonyl (C=O) groups excluding carboxylic acids is 1. The highest BCUT2D eigenvalue weighted by Gasteiger charge is 2.19. The Hall–Kier alpha value is -0.520. The van der Waals surface area contributed by atoms with Gasteiger partial charge in [0.05, 0.1) is 5.75 Å². The van der Waals surface area contributed by atoms with Gasteiger partial charge in [0.2, 0.25) is 5.91 Å². The van der Waals surface area contributed by atoms with E-state index in [1.54, 1.807) is 11.8 Å². The van der Waals surface area contributed by atoms with E-state index < -0.39 is 0 Å². The molecular formula is C15H21BrN2OS. The summed E-state index contributed by atoms with van der Waals surface area (Å²) >= 11 is 5.19. The van der Waals surface area contributed by atoms with Crippen LogP contribution in [-0.2, 0) is 4.79 Å². The fourth-order valence-corrected chi connectivity index (χ4v) is 3.66. The van der Waals surface area contributed by atoms with Gasteiger partial charge in [-0.15, -0.1) is 11.8 Å². The summed E-state index contributed by atoms with van der Waals surface area (Å²) in [7, 11) is 2.10. The van der Waals surface area contributed by atoms with E-state index >= 15 is 0 Å². The Balaban J connectivity index is 1.92. The third-order valence-corrected chi connectivity index (χ3v) is 5.66. The van der Waals surface area contributed by atoms with Crippen LogP contribution >= 0.6 is 27.7 Å². The molecule has 1 amide bonds. The topological polar surface area (TPSA) is 23.6 Å². The van der Waals surface area contributed by atoms with Gasteiger partial charge in [0, 0.05) is 35.5 Å². The van der Waals surface area contributed by atoms with E-state index in [4.69, 9.17) is 0 Å². The minimum atomic E-state index is 0.253. The van der Waals surface area contributed by atoms with Crippen LogP contribution in [0.15, 0.2) is 21.5 Å². The number of aryl methyl sites for hydroxylation is 2. The summed E-state index contributed by atoms with van der Waals surface area (Å²) in [5.74, 6) is 0.786. The van der Waals surface area contributed by atoms with Crippen molar-refractivity contribution in [2.75, 3.05) is 39.0 Å². The van der Waals surface area contributed by atoms with Crippen molar-refractivity contribution in [3.63, 3.8) is 0 Å². The molecule has 2 rings (SSSR count). The Morgan fingerprint density at radius 1 is 1.20 bits per heavy atom. The maximum Gasteiger partial charge on any atom is 0.233 e. The van der Waals surface area contributed by atoms with Crippen LogP contribution in [0.25, 0.3) is 0 Å². The Morgan fingerprint density at radius 2 is 1.85 bits per heavy atom. The van der Waals surface area contributed by atoms with Crippen LogP contribution in [0.5, 0.6) is 0 Å². The lowest BCUT2D eigenvalue weighted by Crippen LogP contribution is -2.47. The predicted molar refractivity (Wildman–Crippen MR) is 88.4 cm³/mol. The van der Waals surface area contributed by atoms with Gasteiger partial charge in [0.1, 0.15) is 0 Å². The summed E-state index contributed by atoms with van der Waals surface area (Å²) in [5, 5.41) is 0. The second-order valence-electron chi connectivity index (χ2n) is 5.34. The lowest BCUT2D eigenvalue weighted by molar-refractivity contribution is -0.129. The second kappa shape index (κ2) is 6.96. The summed E-state index contributed by atoms with van der Waals surface area (Å²) in [6.45, 7) is 7.84. The van der Waals surface area contributed by atoms with Gasteiger partial charge >= 0.3 is 0 Å². The fraction of sp³-hybridized carbons (Fsp3) is 0.533. The first kappa shape index (κ1) is 15.9. The number of carbonyl (C=O) groups is 1. The highest BCUT2D eigenvalue weighted by Crippen LogP contribution is 2.28. The third kappa shape index (κ3) is 3.99. The first-order valence-corrected chi connectivity index (χ1v) is 8.61. The molecule has 0 unspecified atom stereocenters. The highest BCUT2D eigenvalue weighted by atomic mass is 79.9. The third-order valence-electron chi connectivity index (χ3n) is 3.66. The van der Waals surface area contributed by atoms with Crippen molar-refractivity contribution in [3.8, 4) is 0 Å². The first-order valence-electron chi connectivity index (χ1n) is 6.83. The molecule has 20 heavy (non-hydrogen) atoms. The molecule has 0 bridgehead atoms. The zero-order valence-electron chi connectivity index (χ0n) is 12.3. The first-order chi connectivity index (χ1) is 9.47. The summed E-state index contributed by atoms with van der Waals surface area (Å²) in [4.78, 5) is 17.7. The molecule has 5 heteroatoms. The molecule has 0 saturated carbocycles. The van der Waals surface area contributed by atoms with E-state index in [1.807, 2.05) is 4.90 Å². The van der Waals surface area contributed by atoms with Gasteiger partial charge in [0.25, 0.3) is 0 Å². The van der Waals surface area contributed by atoms with E-state index in [0.717, 1.165) is 30.7 Å². The number of amides is 1. The Morgan fingerprint density at radius 3 is 2.50 bits per heavy atom. The van der Waals surface area contributed by atoms with Gasteiger partial charge in [-0.1, -0.05) is 15.9 Å². The number of nitrogens with zero attached hydrogens (tertiary/aromatic N) is 2. The molecule has 1 aromatic rings. The highest BCUT2D eigenvalue weighted by molar-refractivity contribution is 9.10. The van der Waals surface area contributed by atoms with Crippen molar-refractivity contribution < 1.29 is 4.79 Å². The number of hydrogen-bond donors (Lipinski definition) is 0. The molecule has 0 radical (unpaired) electrons. The molecular weight excluding hydrogens is 336 g/mol. The van der Waals surface area contributed by atoms with Crippen molar-refractivity contribution in [3.05, 3.63) is 27.7 Å². The quantitative estimate of drug-likeness (QED) is 0.778. The standard InChI is InChI=1S/C15H21BrN2OS/c1-11-9-14(12(2)8-13(11)16)20-10-15(19)18-6-4-17(3)5-7-18/h8-9H,4-7,10H2,1-3H3. The van der Waals surface area contributed by atoms with E-state index in [0.29, 0.717) is 5.75 Å². The molecule has 0 aliphatic carbocycles. The lowest BCUT2D eigenvalue weighted by atomic mass is 10.2. The number of hydrogen-bond acceptors (Lipinski definition) is 3. The zero-order chi connectivity index (χ0) is 14.7. The number of rotatable bonds is 3. The average molecular weight is 357 g/mol. The van der Waals surface area contributed by atoms with Gasteiger partial charge in [0.15, 0.2) is 0 Å². The van der Waals surface area contributed by atoms with E-state index in [-0.39, 0.29) is 5.91 Å². The van der Waals surface area contributed by atoms with Crippen molar-refractivity contribution >= 4 is 33.6 Å². The van der Waals surface area contributed by atoms with Gasteiger partial charge in [-0.25, -0.2) is 0 Å². The Labute approximate surface area is 133 Å². The number of benzene rings is 1. The van der Waals surface area contributed by atoms with E-state index in [1.165, 1.54) is 16.0 Å². The van der Waals surface area contributed by atoms with Gasteiger partial charge in [-0.3, -0.25) is 4.79 Å². The molecule has 0 aromatic heterocycles. The van der Waals surface area contributed by atoms with E-state index in [2.05, 4.69) is 53.9 Å². The molecule has 0 atom stereocenters. The number of likely N-dealkylation sites (N-methyl/N-ethyl adjacent to an activating group) is 1. The van der Waals surface area contributed by atoms with Crippen LogP contribution in [0.2, 0.25) is 0 Å². The molecule has 1 aliphatic rings.